The largest absolute Gasteiger partial charge is 0.472 e. The van der Waals surface area contributed by atoms with Crippen LogP contribution in [0.1, 0.15) is 335 Å². The third kappa shape index (κ3) is 64.7. The molecule has 2 unspecified atom stereocenters. The summed E-state index contributed by atoms with van der Waals surface area (Å²) in [4.78, 5) is 35.3. The summed E-state index contributed by atoms with van der Waals surface area (Å²) in [7, 11) is -4.39. The van der Waals surface area contributed by atoms with E-state index in [1.54, 1.807) is 0 Å². The third-order valence-corrected chi connectivity index (χ3v) is 15.9. The Morgan fingerprint density at radius 2 is 0.696 bits per heavy atom. The number of unbranched alkanes of at least 4 members (excludes halogenated alkanes) is 41. The topological polar surface area (TPSA) is 134 Å². The summed E-state index contributed by atoms with van der Waals surface area (Å²) in [5.41, 5.74) is 5.40. The number of allylic oxidation sites excluding steroid dienone is 10. The molecule has 462 valence electrons. The zero-order valence-corrected chi connectivity index (χ0v) is 52.8. The third-order valence-electron chi connectivity index (χ3n) is 14.9. The van der Waals surface area contributed by atoms with Crippen molar-refractivity contribution in [2.75, 3.05) is 26.4 Å². The number of nitrogens with two attached hydrogens (primary N) is 1. The van der Waals surface area contributed by atoms with Crippen LogP contribution >= 0.6 is 7.82 Å². The highest BCUT2D eigenvalue weighted by molar-refractivity contribution is 7.47. The van der Waals surface area contributed by atoms with Crippen molar-refractivity contribution in [3.05, 3.63) is 60.8 Å². The second-order valence-electron chi connectivity index (χ2n) is 22.7. The molecule has 0 aliphatic rings. The molecule has 0 amide bonds. The van der Waals surface area contributed by atoms with Crippen LogP contribution in [0.5, 0.6) is 0 Å². The van der Waals surface area contributed by atoms with Gasteiger partial charge in [-0.05, 0) is 77.0 Å². The van der Waals surface area contributed by atoms with E-state index in [4.69, 9.17) is 24.3 Å². The van der Waals surface area contributed by atoms with Crippen LogP contribution < -0.4 is 5.73 Å². The summed E-state index contributed by atoms with van der Waals surface area (Å²) in [5.74, 6) is -0.811. The Bertz CT molecular complexity index is 1480. The first-order valence-electron chi connectivity index (χ1n) is 33.8. The first-order chi connectivity index (χ1) is 38.8. The van der Waals surface area contributed by atoms with Crippen LogP contribution in [0, 0.1) is 0 Å². The van der Waals surface area contributed by atoms with E-state index in [9.17, 15) is 19.0 Å². The summed E-state index contributed by atoms with van der Waals surface area (Å²) in [6.07, 6.45) is 83.1. The van der Waals surface area contributed by atoms with Gasteiger partial charge in [0, 0.05) is 19.4 Å². The standard InChI is InChI=1S/C69H128NO8P/c1-3-5-7-9-11-13-15-17-19-21-23-25-27-29-31-32-33-34-36-38-40-42-44-46-48-50-52-54-56-58-60-62-69(72)78-67(66-77-79(73,74)76-64-63-70)65-75-68(71)61-59-57-55-53-51-49-47-45-43-41-39-37-35-30-28-26-24-22-20-18-16-14-12-10-8-6-4-2/h5,7,11,13,17,19,22-25,67H,3-4,6,8-10,12,14-16,18,20-21,26-66,70H2,1-2H3,(H,73,74)/b7-5-,13-11-,19-17-,24-22-,25-23-. The molecule has 0 rings (SSSR count). The van der Waals surface area contributed by atoms with Crippen LogP contribution in [0.2, 0.25) is 0 Å². The molecular weight excluding hydrogens is 1000 g/mol. The van der Waals surface area contributed by atoms with Crippen molar-refractivity contribution >= 4 is 19.8 Å². The smallest absolute Gasteiger partial charge is 0.462 e. The number of ether oxygens (including phenoxy) is 2. The van der Waals surface area contributed by atoms with Crippen molar-refractivity contribution < 1.29 is 37.6 Å². The van der Waals surface area contributed by atoms with Gasteiger partial charge in [0.2, 0.25) is 0 Å². The molecule has 0 aliphatic carbocycles. The molecule has 9 nitrogen and oxygen atoms in total. The molecule has 10 heteroatoms. The van der Waals surface area contributed by atoms with Crippen LogP contribution in [0.15, 0.2) is 60.8 Å². The highest BCUT2D eigenvalue weighted by Crippen LogP contribution is 2.43. The van der Waals surface area contributed by atoms with Gasteiger partial charge in [-0.1, -0.05) is 306 Å². The fraction of sp³-hybridized carbons (Fsp3) is 0.826. The quantitative estimate of drug-likeness (QED) is 0.0264. The molecule has 0 aromatic carbocycles. The fourth-order valence-electron chi connectivity index (χ4n) is 9.92. The fourth-order valence-corrected chi connectivity index (χ4v) is 10.7. The second-order valence-corrected chi connectivity index (χ2v) is 24.1. The molecule has 0 aliphatic heterocycles. The Hall–Kier alpha value is -2.29. The van der Waals surface area contributed by atoms with Crippen LogP contribution in [-0.2, 0) is 32.7 Å². The molecule has 0 aromatic heterocycles. The van der Waals surface area contributed by atoms with E-state index in [-0.39, 0.29) is 38.6 Å². The molecular formula is C69H128NO8P. The van der Waals surface area contributed by atoms with Crippen molar-refractivity contribution in [3.8, 4) is 0 Å². The van der Waals surface area contributed by atoms with Gasteiger partial charge in [0.15, 0.2) is 6.10 Å². The molecule has 3 N–H and O–H groups in total. The van der Waals surface area contributed by atoms with Gasteiger partial charge in [-0.15, -0.1) is 0 Å². The highest BCUT2D eigenvalue weighted by atomic mass is 31.2. The van der Waals surface area contributed by atoms with E-state index in [0.29, 0.717) is 6.42 Å². The lowest BCUT2D eigenvalue weighted by atomic mass is 10.0. The lowest BCUT2D eigenvalue weighted by Crippen LogP contribution is -2.29. The van der Waals surface area contributed by atoms with Crippen molar-refractivity contribution in [1.29, 1.82) is 0 Å². The van der Waals surface area contributed by atoms with Gasteiger partial charge in [-0.2, -0.15) is 0 Å². The maximum atomic E-state index is 12.8. The molecule has 2 atom stereocenters. The minimum Gasteiger partial charge on any atom is -0.462 e. The molecule has 0 heterocycles. The van der Waals surface area contributed by atoms with E-state index in [2.05, 4.69) is 74.6 Å². The van der Waals surface area contributed by atoms with E-state index < -0.39 is 26.5 Å². The minimum atomic E-state index is -4.39. The Morgan fingerprint density at radius 1 is 0.392 bits per heavy atom. The molecule has 0 radical (unpaired) electrons. The monoisotopic (exact) mass is 1130 g/mol. The minimum absolute atomic E-state index is 0.0543. The second kappa shape index (κ2) is 64.9. The number of phosphoric acid groups is 1. The van der Waals surface area contributed by atoms with Crippen molar-refractivity contribution in [2.24, 2.45) is 5.73 Å². The molecule has 79 heavy (non-hydrogen) atoms. The van der Waals surface area contributed by atoms with E-state index in [1.807, 2.05) is 0 Å². The van der Waals surface area contributed by atoms with Crippen molar-refractivity contribution in [3.63, 3.8) is 0 Å². The summed E-state index contributed by atoms with van der Waals surface area (Å²) in [5, 5.41) is 0. The maximum absolute atomic E-state index is 12.8. The molecule has 0 saturated carbocycles. The number of hydrogen-bond acceptors (Lipinski definition) is 8. The van der Waals surface area contributed by atoms with E-state index >= 15 is 0 Å². The average Bonchev–Trinajstić information content (AvgIpc) is 3.44. The SMILES string of the molecule is CC/C=C\C/C=C\C/C=C\C/C=C\CCCCCCCCCCCCCCCCCCCCC(=O)OC(COC(=O)CCCCCCCCCCCCCCCCC/C=C\CCCCCCCCCC)COP(=O)(O)OCCN. The van der Waals surface area contributed by atoms with Crippen LogP contribution in [0.25, 0.3) is 0 Å². The van der Waals surface area contributed by atoms with E-state index in [1.165, 1.54) is 244 Å². The number of rotatable bonds is 64. The first-order valence-corrected chi connectivity index (χ1v) is 35.3. The molecule has 0 fully saturated rings. The Balaban J connectivity index is 3.86. The molecule has 0 spiro atoms. The number of esters is 2. The lowest BCUT2D eigenvalue weighted by Gasteiger charge is -2.19. The molecule has 0 bridgehead atoms. The maximum Gasteiger partial charge on any atom is 0.472 e. The number of phosphoric ester groups is 1. The van der Waals surface area contributed by atoms with Gasteiger partial charge in [-0.25, -0.2) is 4.57 Å². The molecule has 0 aromatic rings. The predicted octanol–water partition coefficient (Wildman–Crippen LogP) is 21.9. The Labute approximate surface area is 489 Å². The van der Waals surface area contributed by atoms with Crippen molar-refractivity contribution in [2.45, 2.75) is 341 Å². The predicted molar refractivity (Wildman–Crippen MR) is 340 cm³/mol. The lowest BCUT2D eigenvalue weighted by molar-refractivity contribution is -0.161. The Kier molecular flexibility index (Phi) is 63.0. The highest BCUT2D eigenvalue weighted by Gasteiger charge is 2.26. The number of carbonyl (C=O) groups is 2. The normalized spacial score (nSPS) is 13.3. The van der Waals surface area contributed by atoms with Gasteiger partial charge in [0.25, 0.3) is 0 Å². The summed E-state index contributed by atoms with van der Waals surface area (Å²) >= 11 is 0. The average molecular weight is 1130 g/mol. The zero-order valence-electron chi connectivity index (χ0n) is 51.9. The van der Waals surface area contributed by atoms with Gasteiger partial charge in [0.05, 0.1) is 13.2 Å². The summed E-state index contributed by atoms with van der Waals surface area (Å²) in [6, 6.07) is 0. The summed E-state index contributed by atoms with van der Waals surface area (Å²) < 4.78 is 33.2. The van der Waals surface area contributed by atoms with Gasteiger partial charge < -0.3 is 20.1 Å². The molecule has 0 saturated heterocycles. The van der Waals surface area contributed by atoms with Crippen LogP contribution in [0.4, 0.5) is 0 Å². The van der Waals surface area contributed by atoms with Gasteiger partial charge in [-0.3, -0.25) is 18.6 Å². The van der Waals surface area contributed by atoms with Crippen molar-refractivity contribution in [1.82, 2.24) is 0 Å². The number of carbonyl (C=O) groups excluding carboxylic acids is 2. The van der Waals surface area contributed by atoms with Gasteiger partial charge >= 0.3 is 19.8 Å². The zero-order chi connectivity index (χ0) is 57.3. The van der Waals surface area contributed by atoms with Crippen LogP contribution in [-0.4, -0.2) is 49.3 Å². The van der Waals surface area contributed by atoms with Crippen LogP contribution in [0.3, 0.4) is 0 Å². The Morgan fingerprint density at radius 3 is 1.05 bits per heavy atom. The first kappa shape index (κ1) is 76.7. The van der Waals surface area contributed by atoms with Gasteiger partial charge in [0.1, 0.15) is 6.61 Å². The number of hydrogen-bond donors (Lipinski definition) is 2. The summed E-state index contributed by atoms with van der Waals surface area (Å²) in [6.45, 7) is 3.69. The van der Waals surface area contributed by atoms with E-state index in [0.717, 1.165) is 57.8 Å².